The molecule has 0 aromatic carbocycles. The van der Waals surface area contributed by atoms with Gasteiger partial charge in [-0.1, -0.05) is 13.8 Å². The summed E-state index contributed by atoms with van der Waals surface area (Å²) in [6, 6.07) is 4.16. The first-order chi connectivity index (χ1) is 7.61. The van der Waals surface area contributed by atoms with E-state index >= 15 is 0 Å². The molecule has 3 unspecified atom stereocenters. The molecule has 0 saturated carbocycles. The van der Waals surface area contributed by atoms with Crippen LogP contribution >= 0.6 is 15.9 Å². The number of halogens is 1. The molecule has 0 aliphatic carbocycles. The quantitative estimate of drug-likeness (QED) is 0.929. The Balaban J connectivity index is 2.12. The van der Waals surface area contributed by atoms with Gasteiger partial charge in [0, 0.05) is 19.6 Å². The van der Waals surface area contributed by atoms with Gasteiger partial charge in [-0.3, -0.25) is 4.90 Å². The number of nitrogens with two attached hydrogens (primary N) is 1. The minimum Gasteiger partial charge on any atom is -0.453 e. The second-order valence-electron chi connectivity index (χ2n) is 4.80. The van der Waals surface area contributed by atoms with Crippen LogP contribution in [-0.4, -0.2) is 24.5 Å². The van der Waals surface area contributed by atoms with E-state index in [0.717, 1.165) is 35.4 Å². The highest BCUT2D eigenvalue weighted by atomic mass is 79.9. The van der Waals surface area contributed by atoms with Gasteiger partial charge in [-0.15, -0.1) is 0 Å². The average Bonchev–Trinajstić information content (AvgIpc) is 2.77. The molecule has 1 aliphatic heterocycles. The topological polar surface area (TPSA) is 42.4 Å². The summed E-state index contributed by atoms with van der Waals surface area (Å²) in [4.78, 5) is 2.43. The highest BCUT2D eigenvalue weighted by Crippen LogP contribution is 2.31. The zero-order valence-corrected chi connectivity index (χ0v) is 11.4. The van der Waals surface area contributed by atoms with Crippen molar-refractivity contribution in [3.63, 3.8) is 0 Å². The van der Waals surface area contributed by atoms with Crippen molar-refractivity contribution in [1.82, 2.24) is 4.90 Å². The zero-order chi connectivity index (χ0) is 11.7. The smallest absolute Gasteiger partial charge is 0.169 e. The summed E-state index contributed by atoms with van der Waals surface area (Å²) in [5.74, 6) is 2.45. The molecule has 0 radical (unpaired) electrons. The van der Waals surface area contributed by atoms with Crippen LogP contribution in [0.1, 0.15) is 25.6 Å². The van der Waals surface area contributed by atoms with Crippen molar-refractivity contribution in [2.45, 2.75) is 19.9 Å². The van der Waals surface area contributed by atoms with Crippen LogP contribution in [-0.2, 0) is 0 Å². The molecule has 0 amide bonds. The average molecular weight is 287 g/mol. The third-order valence-corrected chi connectivity index (χ3v) is 4.03. The molecule has 2 heterocycles. The van der Waals surface area contributed by atoms with Crippen LogP contribution in [0.15, 0.2) is 21.2 Å². The lowest BCUT2D eigenvalue weighted by molar-refractivity contribution is 0.210. The molecule has 0 bridgehead atoms. The maximum atomic E-state index is 5.87. The van der Waals surface area contributed by atoms with E-state index in [1.807, 2.05) is 12.1 Å². The van der Waals surface area contributed by atoms with Crippen LogP contribution in [0.25, 0.3) is 0 Å². The van der Waals surface area contributed by atoms with Crippen LogP contribution in [0.4, 0.5) is 0 Å². The van der Waals surface area contributed by atoms with Crippen molar-refractivity contribution in [3.05, 3.63) is 22.6 Å². The minimum absolute atomic E-state index is 0.221. The van der Waals surface area contributed by atoms with E-state index < -0.39 is 0 Å². The molecule has 0 spiro atoms. The molecule has 1 aromatic rings. The Morgan fingerprint density at radius 2 is 2.06 bits per heavy atom. The third kappa shape index (κ3) is 2.34. The molecule has 2 rings (SSSR count). The Labute approximate surface area is 105 Å². The van der Waals surface area contributed by atoms with E-state index in [-0.39, 0.29) is 6.04 Å². The number of rotatable bonds is 3. The molecule has 16 heavy (non-hydrogen) atoms. The highest BCUT2D eigenvalue weighted by Gasteiger charge is 2.32. The predicted octanol–water partition coefficient (Wildman–Crippen LogP) is 2.63. The van der Waals surface area contributed by atoms with E-state index in [2.05, 4.69) is 34.7 Å². The van der Waals surface area contributed by atoms with E-state index in [0.29, 0.717) is 6.54 Å². The standard InChI is InChI=1S/C12H19BrN2O/c1-8-6-15(7-9(8)2)10(5-14)11-3-4-12(13)16-11/h3-4,8-10H,5-7,14H2,1-2H3. The number of furan rings is 1. The third-order valence-electron chi connectivity index (χ3n) is 3.60. The Bertz CT molecular complexity index is 343. The molecule has 4 heteroatoms. The molecule has 2 N–H and O–H groups in total. The zero-order valence-electron chi connectivity index (χ0n) is 9.82. The van der Waals surface area contributed by atoms with Crippen molar-refractivity contribution in [2.75, 3.05) is 19.6 Å². The van der Waals surface area contributed by atoms with Gasteiger partial charge in [0.25, 0.3) is 0 Å². The summed E-state index contributed by atoms with van der Waals surface area (Å²) in [5, 5.41) is 0. The van der Waals surface area contributed by atoms with Gasteiger partial charge in [-0.2, -0.15) is 0 Å². The highest BCUT2D eigenvalue weighted by molar-refractivity contribution is 9.10. The summed E-state index contributed by atoms with van der Waals surface area (Å²) < 4.78 is 6.39. The summed E-state index contributed by atoms with van der Waals surface area (Å²) in [7, 11) is 0. The van der Waals surface area contributed by atoms with Gasteiger partial charge in [-0.25, -0.2) is 0 Å². The molecule has 1 aliphatic rings. The predicted molar refractivity (Wildman–Crippen MR) is 68.1 cm³/mol. The molecule has 1 aromatic heterocycles. The lowest BCUT2D eigenvalue weighted by atomic mass is 10.0. The van der Waals surface area contributed by atoms with Crippen LogP contribution in [0.2, 0.25) is 0 Å². The largest absolute Gasteiger partial charge is 0.453 e. The van der Waals surface area contributed by atoms with Crippen LogP contribution < -0.4 is 5.73 Å². The SMILES string of the molecule is CC1CN(C(CN)c2ccc(Br)o2)CC1C. The number of hydrogen-bond donors (Lipinski definition) is 1. The lowest BCUT2D eigenvalue weighted by Crippen LogP contribution is -2.32. The molecule has 90 valence electrons. The number of nitrogens with zero attached hydrogens (tertiary/aromatic N) is 1. The molecule has 3 nitrogen and oxygen atoms in total. The van der Waals surface area contributed by atoms with Crippen molar-refractivity contribution in [2.24, 2.45) is 17.6 Å². The first-order valence-electron chi connectivity index (χ1n) is 5.81. The lowest BCUT2D eigenvalue weighted by Gasteiger charge is -2.24. The molecule has 1 saturated heterocycles. The molecule has 1 fully saturated rings. The first kappa shape index (κ1) is 12.1. The maximum absolute atomic E-state index is 5.87. The Morgan fingerprint density at radius 1 is 1.44 bits per heavy atom. The van der Waals surface area contributed by atoms with Crippen molar-refractivity contribution in [1.29, 1.82) is 0 Å². The Hall–Kier alpha value is -0.320. The molecular weight excluding hydrogens is 268 g/mol. The fourth-order valence-corrected chi connectivity index (χ4v) is 2.70. The fraction of sp³-hybridized carbons (Fsp3) is 0.667. The van der Waals surface area contributed by atoms with Crippen molar-refractivity contribution in [3.8, 4) is 0 Å². The van der Waals surface area contributed by atoms with Crippen molar-refractivity contribution < 1.29 is 4.42 Å². The van der Waals surface area contributed by atoms with Gasteiger partial charge in [-0.05, 0) is 39.9 Å². The van der Waals surface area contributed by atoms with Crippen molar-refractivity contribution >= 4 is 15.9 Å². The van der Waals surface area contributed by atoms with E-state index in [1.165, 1.54) is 0 Å². The summed E-state index contributed by atoms with van der Waals surface area (Å²) in [6.45, 7) is 7.44. The van der Waals surface area contributed by atoms with Gasteiger partial charge >= 0.3 is 0 Å². The van der Waals surface area contributed by atoms with Crippen LogP contribution in [0.3, 0.4) is 0 Å². The molecule has 3 atom stereocenters. The monoisotopic (exact) mass is 286 g/mol. The summed E-state index contributed by atoms with van der Waals surface area (Å²) in [6.07, 6.45) is 0. The summed E-state index contributed by atoms with van der Waals surface area (Å²) >= 11 is 3.34. The van der Waals surface area contributed by atoms with Gasteiger partial charge in [0.15, 0.2) is 4.67 Å². The maximum Gasteiger partial charge on any atom is 0.169 e. The van der Waals surface area contributed by atoms with E-state index in [1.54, 1.807) is 0 Å². The van der Waals surface area contributed by atoms with Crippen LogP contribution in [0, 0.1) is 11.8 Å². The molecular formula is C12H19BrN2O. The Kier molecular flexibility index (Phi) is 3.72. The second kappa shape index (κ2) is 4.90. The Morgan fingerprint density at radius 3 is 2.50 bits per heavy atom. The van der Waals surface area contributed by atoms with Crippen LogP contribution in [0.5, 0.6) is 0 Å². The summed E-state index contributed by atoms with van der Waals surface area (Å²) in [5.41, 5.74) is 5.87. The number of likely N-dealkylation sites (tertiary alicyclic amines) is 1. The van der Waals surface area contributed by atoms with Gasteiger partial charge in [0.05, 0.1) is 6.04 Å². The first-order valence-corrected chi connectivity index (χ1v) is 6.60. The fourth-order valence-electron chi connectivity index (χ4n) is 2.38. The minimum atomic E-state index is 0.221. The van der Waals surface area contributed by atoms with E-state index in [9.17, 15) is 0 Å². The second-order valence-corrected chi connectivity index (χ2v) is 5.58. The normalized spacial score (nSPS) is 28.5. The van der Waals surface area contributed by atoms with Gasteiger partial charge < -0.3 is 10.2 Å². The van der Waals surface area contributed by atoms with Gasteiger partial charge in [0.1, 0.15) is 5.76 Å². The van der Waals surface area contributed by atoms with Gasteiger partial charge in [0.2, 0.25) is 0 Å². The number of hydrogen-bond acceptors (Lipinski definition) is 3. The van der Waals surface area contributed by atoms with E-state index in [4.69, 9.17) is 10.2 Å².